The van der Waals surface area contributed by atoms with Crippen molar-refractivity contribution in [2.75, 3.05) is 6.61 Å². The molecule has 3 aromatic rings. The number of amides is 1. The standard InChI is InChI=1S/C24H25N3O5/c1-15(2)32-16-11-25-27(12-16)13-22(23(28)29)26-24(30)31-14-21-19-9-5-3-7-17(19)18-8-4-6-10-20(18)21/h3-12,15,21-22H,13-14H2,1-2H3,(H,26,30)(H,28,29). The molecule has 8 heteroatoms. The van der Waals surface area contributed by atoms with Crippen LogP contribution in [0.1, 0.15) is 30.9 Å². The van der Waals surface area contributed by atoms with E-state index in [0.29, 0.717) is 5.75 Å². The second kappa shape index (κ2) is 9.13. The molecule has 0 saturated heterocycles. The van der Waals surface area contributed by atoms with Crippen molar-refractivity contribution in [1.29, 1.82) is 0 Å². The van der Waals surface area contributed by atoms with Gasteiger partial charge in [0.05, 0.1) is 25.0 Å². The van der Waals surface area contributed by atoms with Crippen LogP contribution in [0.15, 0.2) is 60.9 Å². The highest BCUT2D eigenvalue weighted by atomic mass is 16.5. The summed E-state index contributed by atoms with van der Waals surface area (Å²) >= 11 is 0. The molecule has 0 bridgehead atoms. The average molecular weight is 435 g/mol. The fourth-order valence-corrected chi connectivity index (χ4v) is 3.93. The molecule has 0 fully saturated rings. The Morgan fingerprint density at radius 2 is 1.72 bits per heavy atom. The molecule has 0 saturated carbocycles. The molecule has 1 heterocycles. The van der Waals surface area contributed by atoms with Gasteiger partial charge in [0.2, 0.25) is 0 Å². The lowest BCUT2D eigenvalue weighted by Crippen LogP contribution is -2.44. The lowest BCUT2D eigenvalue weighted by atomic mass is 9.98. The Labute approximate surface area is 185 Å². The van der Waals surface area contributed by atoms with Crippen LogP contribution in [0.3, 0.4) is 0 Å². The Kier molecular flexibility index (Phi) is 6.11. The molecular weight excluding hydrogens is 410 g/mol. The first-order valence-corrected chi connectivity index (χ1v) is 10.5. The van der Waals surface area contributed by atoms with Crippen molar-refractivity contribution < 1.29 is 24.2 Å². The number of rotatable bonds is 8. The van der Waals surface area contributed by atoms with E-state index in [4.69, 9.17) is 9.47 Å². The third-order valence-electron chi connectivity index (χ3n) is 5.28. The number of carboxylic acid groups (broad SMARTS) is 1. The van der Waals surface area contributed by atoms with Crippen LogP contribution in [0.2, 0.25) is 0 Å². The smallest absolute Gasteiger partial charge is 0.407 e. The van der Waals surface area contributed by atoms with Crippen LogP contribution in [-0.4, -0.2) is 45.7 Å². The lowest BCUT2D eigenvalue weighted by Gasteiger charge is -2.17. The number of carboxylic acids is 1. The molecule has 8 nitrogen and oxygen atoms in total. The van der Waals surface area contributed by atoms with E-state index in [1.807, 2.05) is 50.2 Å². The SMILES string of the molecule is CC(C)Oc1cnn(CC(NC(=O)OCC2c3ccccc3-c3ccccc32)C(=O)O)c1. The summed E-state index contributed by atoms with van der Waals surface area (Å²) in [7, 11) is 0. The van der Waals surface area contributed by atoms with Gasteiger partial charge in [-0.05, 0) is 36.1 Å². The Balaban J connectivity index is 1.39. The average Bonchev–Trinajstić information content (AvgIpc) is 3.33. The number of aromatic nitrogens is 2. The zero-order valence-corrected chi connectivity index (χ0v) is 17.9. The normalized spacial score (nSPS) is 13.3. The van der Waals surface area contributed by atoms with Gasteiger partial charge in [0.25, 0.3) is 0 Å². The summed E-state index contributed by atoms with van der Waals surface area (Å²) in [5.41, 5.74) is 4.42. The number of hydrogen-bond acceptors (Lipinski definition) is 5. The maximum absolute atomic E-state index is 12.4. The van der Waals surface area contributed by atoms with Gasteiger partial charge in [-0.3, -0.25) is 4.68 Å². The van der Waals surface area contributed by atoms with Crippen LogP contribution < -0.4 is 10.1 Å². The first-order chi connectivity index (χ1) is 15.4. The zero-order valence-electron chi connectivity index (χ0n) is 17.9. The number of nitrogens with one attached hydrogen (secondary N) is 1. The highest BCUT2D eigenvalue weighted by molar-refractivity contribution is 5.81. The number of carbonyl (C=O) groups is 2. The quantitative estimate of drug-likeness (QED) is 0.560. The van der Waals surface area contributed by atoms with Crippen molar-refractivity contribution >= 4 is 12.1 Å². The second-order valence-corrected chi connectivity index (χ2v) is 7.93. The Hall–Kier alpha value is -3.81. The first-order valence-electron chi connectivity index (χ1n) is 10.5. The van der Waals surface area contributed by atoms with E-state index < -0.39 is 18.1 Å². The second-order valence-electron chi connectivity index (χ2n) is 7.93. The summed E-state index contributed by atoms with van der Waals surface area (Å²) in [5.74, 6) is -0.746. The number of nitrogens with zero attached hydrogens (tertiary/aromatic N) is 2. The van der Waals surface area contributed by atoms with E-state index in [1.165, 1.54) is 10.9 Å². The molecule has 1 amide bonds. The number of ether oxygens (including phenoxy) is 2. The van der Waals surface area contributed by atoms with Crippen LogP contribution in [0, 0.1) is 0 Å². The van der Waals surface area contributed by atoms with Crippen molar-refractivity contribution in [3.05, 3.63) is 72.1 Å². The molecule has 2 N–H and O–H groups in total. The number of fused-ring (bicyclic) bond motifs is 3. The monoisotopic (exact) mass is 435 g/mol. The number of alkyl carbamates (subject to hydrolysis) is 1. The largest absolute Gasteiger partial charge is 0.488 e. The summed E-state index contributed by atoms with van der Waals surface area (Å²) in [4.78, 5) is 24.1. The number of benzene rings is 2. The third kappa shape index (κ3) is 4.59. The molecule has 166 valence electrons. The molecule has 32 heavy (non-hydrogen) atoms. The van der Waals surface area contributed by atoms with Gasteiger partial charge in [0.15, 0.2) is 5.75 Å². The zero-order chi connectivity index (χ0) is 22.7. The lowest BCUT2D eigenvalue weighted by molar-refractivity contribution is -0.139. The predicted molar refractivity (Wildman–Crippen MR) is 118 cm³/mol. The fraction of sp³-hybridized carbons (Fsp3) is 0.292. The van der Waals surface area contributed by atoms with Crippen molar-refractivity contribution in [3.63, 3.8) is 0 Å². The van der Waals surface area contributed by atoms with Gasteiger partial charge in [-0.1, -0.05) is 48.5 Å². The summed E-state index contributed by atoms with van der Waals surface area (Å²) in [6.45, 7) is 3.83. The van der Waals surface area contributed by atoms with Gasteiger partial charge in [-0.2, -0.15) is 5.10 Å². The van der Waals surface area contributed by atoms with E-state index >= 15 is 0 Å². The minimum absolute atomic E-state index is 0.0260. The van der Waals surface area contributed by atoms with Gasteiger partial charge in [0, 0.05) is 5.92 Å². The maximum Gasteiger partial charge on any atom is 0.407 e. The molecule has 1 atom stereocenters. The molecule has 0 radical (unpaired) electrons. The van der Waals surface area contributed by atoms with Crippen molar-refractivity contribution in [2.24, 2.45) is 0 Å². The third-order valence-corrected chi connectivity index (χ3v) is 5.28. The number of aliphatic carboxylic acids is 1. The summed E-state index contributed by atoms with van der Waals surface area (Å²) in [6.07, 6.45) is 2.29. The van der Waals surface area contributed by atoms with Gasteiger partial charge >= 0.3 is 12.1 Å². The van der Waals surface area contributed by atoms with Crippen molar-refractivity contribution in [2.45, 2.75) is 38.5 Å². The molecular formula is C24H25N3O5. The molecule has 0 spiro atoms. The molecule has 4 rings (SSSR count). The molecule has 1 aliphatic carbocycles. The van der Waals surface area contributed by atoms with Crippen LogP contribution in [0.5, 0.6) is 5.75 Å². The Bertz CT molecular complexity index is 1080. The first kappa shape index (κ1) is 21.4. The molecule has 1 unspecified atom stereocenters. The van der Waals surface area contributed by atoms with Crippen LogP contribution in [0.4, 0.5) is 4.79 Å². The van der Waals surface area contributed by atoms with Crippen LogP contribution >= 0.6 is 0 Å². The van der Waals surface area contributed by atoms with E-state index in [0.717, 1.165) is 22.3 Å². The topological polar surface area (TPSA) is 103 Å². The highest BCUT2D eigenvalue weighted by Crippen LogP contribution is 2.44. The highest BCUT2D eigenvalue weighted by Gasteiger charge is 2.30. The Morgan fingerprint density at radius 3 is 2.31 bits per heavy atom. The number of carbonyl (C=O) groups excluding carboxylic acids is 1. The predicted octanol–water partition coefficient (Wildman–Crippen LogP) is 3.66. The summed E-state index contributed by atoms with van der Waals surface area (Å²) in [5, 5.41) is 16.1. The summed E-state index contributed by atoms with van der Waals surface area (Å²) < 4.78 is 12.4. The minimum atomic E-state index is -1.20. The van der Waals surface area contributed by atoms with E-state index in [2.05, 4.69) is 22.5 Å². The van der Waals surface area contributed by atoms with E-state index in [1.54, 1.807) is 6.20 Å². The Morgan fingerprint density at radius 1 is 1.09 bits per heavy atom. The van der Waals surface area contributed by atoms with Crippen LogP contribution in [0.25, 0.3) is 11.1 Å². The van der Waals surface area contributed by atoms with Gasteiger partial charge < -0.3 is 19.9 Å². The van der Waals surface area contributed by atoms with E-state index in [9.17, 15) is 14.7 Å². The minimum Gasteiger partial charge on any atom is -0.488 e. The van der Waals surface area contributed by atoms with Gasteiger partial charge in [0.1, 0.15) is 12.6 Å². The molecule has 0 aliphatic heterocycles. The van der Waals surface area contributed by atoms with Gasteiger partial charge in [-0.25, -0.2) is 9.59 Å². The summed E-state index contributed by atoms with van der Waals surface area (Å²) in [6, 6.07) is 14.8. The van der Waals surface area contributed by atoms with E-state index in [-0.39, 0.29) is 25.2 Å². The van der Waals surface area contributed by atoms with Crippen LogP contribution in [-0.2, 0) is 16.1 Å². The van der Waals surface area contributed by atoms with Crippen molar-refractivity contribution in [1.82, 2.24) is 15.1 Å². The number of hydrogen-bond donors (Lipinski definition) is 2. The molecule has 2 aromatic carbocycles. The molecule has 1 aliphatic rings. The van der Waals surface area contributed by atoms with Gasteiger partial charge in [-0.15, -0.1) is 0 Å². The molecule has 1 aromatic heterocycles. The fourth-order valence-electron chi connectivity index (χ4n) is 3.93. The maximum atomic E-state index is 12.4. The van der Waals surface area contributed by atoms with Crippen molar-refractivity contribution in [3.8, 4) is 16.9 Å².